The van der Waals surface area contributed by atoms with Crippen LogP contribution >= 0.6 is 11.8 Å². The second kappa shape index (κ2) is 5.74. The molecule has 4 heteroatoms. The zero-order valence-corrected chi connectivity index (χ0v) is 11.1. The van der Waals surface area contributed by atoms with Crippen LogP contribution in [0, 0.1) is 18.8 Å². The Morgan fingerprint density at radius 2 is 2.33 bits per heavy atom. The Labute approximate surface area is 110 Å². The highest BCUT2D eigenvalue weighted by atomic mass is 32.2. The highest BCUT2D eigenvalue weighted by Gasteiger charge is 2.01. The molecular formula is C14H13NO2S. The molecule has 1 aromatic heterocycles. The molecule has 18 heavy (non-hydrogen) atoms. The Morgan fingerprint density at radius 1 is 1.50 bits per heavy atom. The molecule has 0 bridgehead atoms. The number of rotatable bonds is 2. The average molecular weight is 259 g/mol. The van der Waals surface area contributed by atoms with E-state index in [1.165, 1.54) is 11.8 Å². The van der Waals surface area contributed by atoms with Gasteiger partial charge >= 0.3 is 0 Å². The summed E-state index contributed by atoms with van der Waals surface area (Å²) in [7, 11) is 0. The van der Waals surface area contributed by atoms with Crippen molar-refractivity contribution in [3.63, 3.8) is 0 Å². The van der Waals surface area contributed by atoms with E-state index in [1.807, 2.05) is 25.1 Å². The van der Waals surface area contributed by atoms with E-state index < -0.39 is 0 Å². The fraction of sp³-hybridized carbons (Fsp3) is 0.286. The molecular weight excluding hydrogens is 246 g/mol. The van der Waals surface area contributed by atoms with Gasteiger partial charge in [-0.15, -0.1) is 0 Å². The molecule has 0 saturated carbocycles. The van der Waals surface area contributed by atoms with Crippen LogP contribution in [0.25, 0.3) is 11.1 Å². The molecule has 0 aliphatic rings. The first kappa shape index (κ1) is 12.7. The summed E-state index contributed by atoms with van der Waals surface area (Å²) in [6.45, 7) is 3.39. The minimum atomic E-state index is 0.135. The topological polar surface area (TPSA) is 43.1 Å². The summed E-state index contributed by atoms with van der Waals surface area (Å²) in [5, 5.41) is 0.135. The van der Waals surface area contributed by atoms with Crippen LogP contribution in [0.15, 0.2) is 22.6 Å². The first-order valence-corrected chi connectivity index (χ1v) is 6.63. The number of aromatic nitrogens is 1. The van der Waals surface area contributed by atoms with Crippen LogP contribution in [-0.2, 0) is 4.79 Å². The lowest BCUT2D eigenvalue weighted by molar-refractivity contribution is -0.109. The van der Waals surface area contributed by atoms with Gasteiger partial charge in [0.1, 0.15) is 5.52 Å². The predicted molar refractivity (Wildman–Crippen MR) is 73.4 cm³/mol. The molecule has 1 aromatic carbocycles. The molecule has 2 rings (SSSR count). The molecule has 0 aliphatic carbocycles. The summed E-state index contributed by atoms with van der Waals surface area (Å²) >= 11 is 1.30. The summed E-state index contributed by atoms with van der Waals surface area (Å²) < 4.78 is 5.44. The van der Waals surface area contributed by atoms with Crippen LogP contribution in [0.1, 0.15) is 24.8 Å². The van der Waals surface area contributed by atoms with E-state index in [-0.39, 0.29) is 5.12 Å². The van der Waals surface area contributed by atoms with Crippen molar-refractivity contribution in [2.75, 3.05) is 5.75 Å². The molecule has 2 aromatic rings. The van der Waals surface area contributed by atoms with Gasteiger partial charge in [-0.05, 0) is 18.2 Å². The van der Waals surface area contributed by atoms with Gasteiger partial charge in [0, 0.05) is 31.6 Å². The van der Waals surface area contributed by atoms with Crippen molar-refractivity contribution in [3.8, 4) is 11.8 Å². The number of aryl methyl sites for hydroxylation is 1. The van der Waals surface area contributed by atoms with Gasteiger partial charge in [0.05, 0.1) is 0 Å². The predicted octanol–water partition coefficient (Wildman–Crippen LogP) is 3.16. The smallest absolute Gasteiger partial charge is 0.192 e. The van der Waals surface area contributed by atoms with E-state index >= 15 is 0 Å². The minimum absolute atomic E-state index is 0.135. The van der Waals surface area contributed by atoms with Gasteiger partial charge in [-0.1, -0.05) is 23.6 Å². The SMILES string of the molecule is CC(=O)SCCC#Cc1ccc2nc(C)oc2c1. The summed E-state index contributed by atoms with van der Waals surface area (Å²) in [4.78, 5) is 14.9. The number of fused-ring (bicyclic) bond motifs is 1. The quantitative estimate of drug-likeness (QED) is 0.614. The number of carbonyl (C=O) groups is 1. The normalized spacial score (nSPS) is 10.1. The van der Waals surface area contributed by atoms with Crippen molar-refractivity contribution >= 4 is 28.0 Å². The zero-order chi connectivity index (χ0) is 13.0. The third-order valence-corrected chi connectivity index (χ3v) is 3.08. The van der Waals surface area contributed by atoms with Gasteiger partial charge in [-0.25, -0.2) is 4.98 Å². The van der Waals surface area contributed by atoms with Gasteiger partial charge in [0.2, 0.25) is 0 Å². The Bertz CT molecular complexity index is 634. The van der Waals surface area contributed by atoms with Crippen molar-refractivity contribution < 1.29 is 9.21 Å². The Hall–Kier alpha value is -1.73. The molecule has 0 unspecified atom stereocenters. The molecule has 0 fully saturated rings. The fourth-order valence-corrected chi connectivity index (χ4v) is 2.02. The van der Waals surface area contributed by atoms with Crippen molar-refractivity contribution in [2.24, 2.45) is 0 Å². The van der Waals surface area contributed by atoms with Crippen LogP contribution in [0.3, 0.4) is 0 Å². The molecule has 0 saturated heterocycles. The maximum Gasteiger partial charge on any atom is 0.192 e. The highest BCUT2D eigenvalue weighted by molar-refractivity contribution is 8.13. The van der Waals surface area contributed by atoms with Crippen molar-refractivity contribution in [2.45, 2.75) is 20.3 Å². The minimum Gasteiger partial charge on any atom is -0.441 e. The zero-order valence-electron chi connectivity index (χ0n) is 10.3. The van der Waals surface area contributed by atoms with E-state index in [4.69, 9.17) is 4.42 Å². The molecule has 0 N–H and O–H groups in total. The highest BCUT2D eigenvalue weighted by Crippen LogP contribution is 2.16. The average Bonchev–Trinajstić information content (AvgIpc) is 2.67. The summed E-state index contributed by atoms with van der Waals surface area (Å²) in [5.41, 5.74) is 2.52. The summed E-state index contributed by atoms with van der Waals surface area (Å²) in [5.74, 6) is 7.50. The number of oxazole rings is 1. The van der Waals surface area contributed by atoms with E-state index in [2.05, 4.69) is 16.8 Å². The molecule has 0 amide bonds. The van der Waals surface area contributed by atoms with Crippen LogP contribution in [-0.4, -0.2) is 15.9 Å². The van der Waals surface area contributed by atoms with Crippen molar-refractivity contribution in [3.05, 3.63) is 29.7 Å². The Morgan fingerprint density at radius 3 is 3.11 bits per heavy atom. The first-order valence-electron chi connectivity index (χ1n) is 5.64. The molecule has 0 radical (unpaired) electrons. The monoisotopic (exact) mass is 259 g/mol. The fourth-order valence-electron chi connectivity index (χ4n) is 1.53. The number of hydrogen-bond donors (Lipinski definition) is 0. The van der Waals surface area contributed by atoms with Gasteiger partial charge in [0.25, 0.3) is 0 Å². The van der Waals surface area contributed by atoms with Crippen LogP contribution in [0.5, 0.6) is 0 Å². The van der Waals surface area contributed by atoms with Crippen molar-refractivity contribution in [1.29, 1.82) is 0 Å². The number of hydrogen-bond acceptors (Lipinski definition) is 4. The maximum atomic E-state index is 10.7. The summed E-state index contributed by atoms with van der Waals surface area (Å²) in [6.07, 6.45) is 0.706. The lowest BCUT2D eigenvalue weighted by Gasteiger charge is -1.90. The third kappa shape index (κ3) is 3.38. The number of thioether (sulfide) groups is 1. The first-order chi connectivity index (χ1) is 8.65. The molecule has 92 valence electrons. The van der Waals surface area contributed by atoms with Gasteiger partial charge in [-0.2, -0.15) is 0 Å². The lowest BCUT2D eigenvalue weighted by atomic mass is 10.2. The second-order valence-electron chi connectivity index (χ2n) is 3.81. The van der Waals surface area contributed by atoms with E-state index in [0.717, 1.165) is 22.4 Å². The lowest BCUT2D eigenvalue weighted by Crippen LogP contribution is -1.84. The third-order valence-electron chi connectivity index (χ3n) is 2.26. The molecule has 1 heterocycles. The Balaban J connectivity index is 2.03. The summed E-state index contributed by atoms with van der Waals surface area (Å²) in [6, 6.07) is 5.72. The number of carbonyl (C=O) groups excluding carboxylic acids is 1. The van der Waals surface area contributed by atoms with Crippen molar-refractivity contribution in [1.82, 2.24) is 4.98 Å². The number of nitrogens with zero attached hydrogens (tertiary/aromatic N) is 1. The van der Waals surface area contributed by atoms with Crippen LogP contribution in [0.2, 0.25) is 0 Å². The van der Waals surface area contributed by atoms with E-state index in [9.17, 15) is 4.79 Å². The van der Waals surface area contributed by atoms with E-state index in [0.29, 0.717) is 12.3 Å². The largest absolute Gasteiger partial charge is 0.441 e. The molecule has 0 aliphatic heterocycles. The standard InChI is InChI=1S/C14H13NO2S/c1-10-15-13-7-6-12(9-14(13)17-10)5-3-4-8-18-11(2)16/h6-7,9H,4,8H2,1-2H3. The van der Waals surface area contributed by atoms with Gasteiger partial charge < -0.3 is 4.42 Å². The van der Waals surface area contributed by atoms with Crippen LogP contribution < -0.4 is 0 Å². The number of benzene rings is 1. The second-order valence-corrected chi connectivity index (χ2v) is 5.08. The maximum absolute atomic E-state index is 10.7. The molecule has 3 nitrogen and oxygen atoms in total. The van der Waals surface area contributed by atoms with Gasteiger partial charge in [-0.3, -0.25) is 4.79 Å². The van der Waals surface area contributed by atoms with Crippen LogP contribution in [0.4, 0.5) is 0 Å². The Kier molecular flexibility index (Phi) is 4.06. The van der Waals surface area contributed by atoms with Gasteiger partial charge in [0.15, 0.2) is 16.6 Å². The van der Waals surface area contributed by atoms with E-state index in [1.54, 1.807) is 6.92 Å². The molecule has 0 spiro atoms. The molecule has 0 atom stereocenters.